The first-order chi connectivity index (χ1) is 6.02. The number of hydrogen-bond donors (Lipinski definition) is 1. The van der Waals surface area contributed by atoms with Gasteiger partial charge in [0.1, 0.15) is 0 Å². The van der Waals surface area contributed by atoms with Gasteiger partial charge in [0.05, 0.1) is 0 Å². The van der Waals surface area contributed by atoms with Crippen molar-refractivity contribution in [2.45, 2.75) is 40.5 Å². The van der Waals surface area contributed by atoms with Crippen molar-refractivity contribution in [1.29, 1.82) is 0 Å². The minimum Gasteiger partial charge on any atom is -0.399 e. The normalized spacial score (nSPS) is 14.0. The van der Waals surface area contributed by atoms with Gasteiger partial charge in [-0.2, -0.15) is 0 Å². The van der Waals surface area contributed by atoms with Crippen LogP contribution in [0.2, 0.25) is 0 Å². The van der Waals surface area contributed by atoms with Crippen LogP contribution in [0.1, 0.15) is 40.5 Å². The first-order valence-corrected chi connectivity index (χ1v) is 4.84. The fourth-order valence-corrected chi connectivity index (χ4v) is 1.01. The summed E-state index contributed by atoms with van der Waals surface area (Å²) in [5.41, 5.74) is 10.4. The van der Waals surface area contributed by atoms with Gasteiger partial charge in [0, 0.05) is 5.70 Å². The molecule has 0 amide bonds. The first kappa shape index (κ1) is 12.0. The predicted molar refractivity (Wildman–Crippen MR) is 60.4 cm³/mol. The maximum absolute atomic E-state index is 5.94. The minimum atomic E-state index is 0.914. The molecule has 0 aromatic rings. The molecule has 0 aliphatic rings. The first-order valence-electron chi connectivity index (χ1n) is 4.84. The molecule has 0 rings (SSSR count). The molecule has 0 aromatic heterocycles. The molecule has 0 spiro atoms. The summed E-state index contributed by atoms with van der Waals surface area (Å²) >= 11 is 0. The molecule has 1 nitrogen and oxygen atoms in total. The summed E-state index contributed by atoms with van der Waals surface area (Å²) in [5, 5.41) is 0. The van der Waals surface area contributed by atoms with E-state index in [1.807, 2.05) is 6.92 Å². The van der Waals surface area contributed by atoms with E-state index in [9.17, 15) is 0 Å². The van der Waals surface area contributed by atoms with E-state index in [0.29, 0.717) is 0 Å². The van der Waals surface area contributed by atoms with Crippen molar-refractivity contribution in [3.05, 3.63) is 35.1 Å². The largest absolute Gasteiger partial charge is 0.399 e. The van der Waals surface area contributed by atoms with Crippen LogP contribution < -0.4 is 5.73 Å². The van der Waals surface area contributed by atoms with Crippen molar-refractivity contribution < 1.29 is 0 Å². The summed E-state index contributed by atoms with van der Waals surface area (Å²) in [4.78, 5) is 0. The molecule has 0 bridgehead atoms. The number of rotatable bonds is 4. The Morgan fingerprint density at radius 2 is 1.77 bits per heavy atom. The smallest absolute Gasteiger partial charge is 0.0332 e. The van der Waals surface area contributed by atoms with Crippen LogP contribution in [-0.4, -0.2) is 0 Å². The van der Waals surface area contributed by atoms with Crippen LogP contribution in [0.3, 0.4) is 0 Å². The third-order valence-electron chi connectivity index (χ3n) is 2.29. The lowest BCUT2D eigenvalue weighted by Crippen LogP contribution is -2.02. The summed E-state index contributed by atoms with van der Waals surface area (Å²) in [6, 6.07) is 0. The highest BCUT2D eigenvalue weighted by molar-refractivity contribution is 5.35. The van der Waals surface area contributed by atoms with Crippen molar-refractivity contribution >= 4 is 0 Å². The summed E-state index contributed by atoms with van der Waals surface area (Å²) in [7, 11) is 0. The SMILES string of the molecule is C=C(/C=C(C)\C(N)=C(/C)CC)CC. The second kappa shape index (κ2) is 5.63. The fraction of sp³-hybridized carbons (Fsp3) is 0.500. The second-order valence-electron chi connectivity index (χ2n) is 3.39. The van der Waals surface area contributed by atoms with E-state index in [2.05, 4.69) is 33.4 Å². The van der Waals surface area contributed by atoms with E-state index >= 15 is 0 Å². The Balaban J connectivity index is 4.69. The van der Waals surface area contributed by atoms with E-state index in [4.69, 9.17) is 5.73 Å². The molecule has 0 unspecified atom stereocenters. The second-order valence-corrected chi connectivity index (χ2v) is 3.39. The summed E-state index contributed by atoms with van der Waals surface area (Å²) < 4.78 is 0. The third-order valence-corrected chi connectivity index (χ3v) is 2.29. The Labute approximate surface area is 82.0 Å². The Morgan fingerprint density at radius 1 is 1.23 bits per heavy atom. The van der Waals surface area contributed by atoms with Gasteiger partial charge >= 0.3 is 0 Å². The Hall–Kier alpha value is -0.980. The quantitative estimate of drug-likeness (QED) is 0.656. The summed E-state index contributed by atoms with van der Waals surface area (Å²) in [6.07, 6.45) is 4.06. The zero-order chi connectivity index (χ0) is 10.4. The van der Waals surface area contributed by atoms with Gasteiger partial charge in [-0.05, 0) is 32.3 Å². The van der Waals surface area contributed by atoms with Crippen LogP contribution in [0.25, 0.3) is 0 Å². The molecule has 13 heavy (non-hydrogen) atoms. The van der Waals surface area contributed by atoms with Crippen LogP contribution in [-0.2, 0) is 0 Å². The van der Waals surface area contributed by atoms with Gasteiger partial charge in [-0.3, -0.25) is 0 Å². The highest BCUT2D eigenvalue weighted by Crippen LogP contribution is 2.14. The predicted octanol–water partition coefficient (Wildman–Crippen LogP) is 3.54. The number of hydrogen-bond acceptors (Lipinski definition) is 1. The van der Waals surface area contributed by atoms with E-state index in [1.165, 1.54) is 5.57 Å². The molecule has 0 aromatic carbocycles. The van der Waals surface area contributed by atoms with Crippen LogP contribution in [0.5, 0.6) is 0 Å². The zero-order valence-corrected chi connectivity index (χ0v) is 9.28. The maximum Gasteiger partial charge on any atom is 0.0332 e. The lowest BCUT2D eigenvalue weighted by atomic mass is 10.0. The van der Waals surface area contributed by atoms with Gasteiger partial charge in [0.25, 0.3) is 0 Å². The maximum atomic E-state index is 5.94. The molecular weight excluding hydrogens is 158 g/mol. The molecule has 1 heteroatoms. The van der Waals surface area contributed by atoms with Crippen LogP contribution >= 0.6 is 0 Å². The average Bonchev–Trinajstić information content (AvgIpc) is 2.14. The highest BCUT2D eigenvalue weighted by Gasteiger charge is 1.98. The minimum absolute atomic E-state index is 0.914. The van der Waals surface area contributed by atoms with Gasteiger partial charge in [0.15, 0.2) is 0 Å². The van der Waals surface area contributed by atoms with Gasteiger partial charge in [-0.25, -0.2) is 0 Å². The van der Waals surface area contributed by atoms with Gasteiger partial charge in [0.2, 0.25) is 0 Å². The standard InChI is InChI=1S/C12H21N/c1-6-9(3)8-11(5)12(13)10(4)7-2/h8H,3,6-7,13H2,1-2,4-5H3/b11-8-,12-10-. The third kappa shape index (κ3) is 3.97. The van der Waals surface area contributed by atoms with E-state index < -0.39 is 0 Å². The van der Waals surface area contributed by atoms with Crippen molar-refractivity contribution in [3.8, 4) is 0 Å². The number of nitrogens with two attached hydrogens (primary N) is 1. The van der Waals surface area contributed by atoms with Crippen molar-refractivity contribution in [1.82, 2.24) is 0 Å². The Morgan fingerprint density at radius 3 is 2.15 bits per heavy atom. The topological polar surface area (TPSA) is 26.0 Å². The van der Waals surface area contributed by atoms with Crippen LogP contribution in [0, 0.1) is 0 Å². The molecule has 0 saturated heterocycles. The molecule has 0 heterocycles. The average molecular weight is 179 g/mol. The van der Waals surface area contributed by atoms with E-state index in [-0.39, 0.29) is 0 Å². The molecule has 0 atom stereocenters. The lowest BCUT2D eigenvalue weighted by molar-refractivity contribution is 1.04. The molecule has 0 aliphatic carbocycles. The van der Waals surface area contributed by atoms with Crippen molar-refractivity contribution in [3.63, 3.8) is 0 Å². The van der Waals surface area contributed by atoms with Gasteiger partial charge in [-0.15, -0.1) is 0 Å². The molecule has 0 saturated carbocycles. The van der Waals surface area contributed by atoms with E-state index in [1.54, 1.807) is 0 Å². The molecular formula is C12H21N. The molecule has 0 aliphatic heterocycles. The van der Waals surface area contributed by atoms with Crippen molar-refractivity contribution in [2.24, 2.45) is 5.73 Å². The number of allylic oxidation sites excluding steroid dienone is 4. The molecule has 2 N–H and O–H groups in total. The van der Waals surface area contributed by atoms with Gasteiger partial charge < -0.3 is 5.73 Å². The van der Waals surface area contributed by atoms with Crippen LogP contribution in [0.4, 0.5) is 0 Å². The highest BCUT2D eigenvalue weighted by atomic mass is 14.6. The zero-order valence-electron chi connectivity index (χ0n) is 9.28. The summed E-state index contributed by atoms with van der Waals surface area (Å²) in [5.74, 6) is 0. The van der Waals surface area contributed by atoms with Crippen LogP contribution in [0.15, 0.2) is 35.1 Å². The fourth-order valence-electron chi connectivity index (χ4n) is 1.01. The van der Waals surface area contributed by atoms with Gasteiger partial charge in [-0.1, -0.05) is 37.6 Å². The Kier molecular flexibility index (Phi) is 5.20. The van der Waals surface area contributed by atoms with E-state index in [0.717, 1.165) is 29.7 Å². The monoisotopic (exact) mass is 179 g/mol. The summed E-state index contributed by atoms with van der Waals surface area (Å²) in [6.45, 7) is 12.2. The molecule has 0 radical (unpaired) electrons. The lowest BCUT2D eigenvalue weighted by Gasteiger charge is -2.06. The Bertz CT molecular complexity index is 244. The van der Waals surface area contributed by atoms with Crippen molar-refractivity contribution in [2.75, 3.05) is 0 Å². The molecule has 0 fully saturated rings. The molecule has 74 valence electrons.